The van der Waals surface area contributed by atoms with Crippen molar-refractivity contribution in [2.75, 3.05) is 5.32 Å². The number of fused-ring (bicyclic) bond motifs is 1. The van der Waals surface area contributed by atoms with Crippen molar-refractivity contribution in [3.63, 3.8) is 0 Å². The Bertz CT molecular complexity index is 1120. The molecule has 0 atom stereocenters. The van der Waals surface area contributed by atoms with Gasteiger partial charge in [-0.3, -0.25) is 15.1 Å². The zero-order valence-corrected chi connectivity index (χ0v) is 16.8. The van der Waals surface area contributed by atoms with Crippen LogP contribution in [0.5, 0.6) is 0 Å². The van der Waals surface area contributed by atoms with E-state index < -0.39 is 0 Å². The standard InChI is InChI=1S/C21H21N5OS/c1-21(2,3)26-17-10-5-4-8-15(17)24-20(26)25-18(27)12-14-13-28-19(23-14)16-9-6-7-11-22-16/h4-11,13H,12H2,1-3H3,(H,24,25,27). The lowest BCUT2D eigenvalue weighted by Crippen LogP contribution is -2.26. The first-order valence-corrected chi connectivity index (χ1v) is 9.93. The predicted molar refractivity (Wildman–Crippen MR) is 112 cm³/mol. The molecule has 4 rings (SSSR count). The van der Waals surface area contributed by atoms with Crippen molar-refractivity contribution < 1.29 is 4.79 Å². The first-order chi connectivity index (χ1) is 13.4. The van der Waals surface area contributed by atoms with E-state index in [-0.39, 0.29) is 17.9 Å². The molecule has 0 saturated heterocycles. The largest absolute Gasteiger partial charge is 0.305 e. The number of benzene rings is 1. The molecule has 0 spiro atoms. The lowest BCUT2D eigenvalue weighted by Gasteiger charge is -2.24. The SMILES string of the molecule is CC(C)(C)n1c(NC(=O)Cc2csc(-c3ccccn3)n2)nc2ccccc21. The van der Waals surface area contributed by atoms with Crippen molar-refractivity contribution in [1.29, 1.82) is 0 Å². The van der Waals surface area contributed by atoms with E-state index in [9.17, 15) is 4.79 Å². The molecule has 0 radical (unpaired) electrons. The van der Waals surface area contributed by atoms with Gasteiger partial charge in [-0.1, -0.05) is 18.2 Å². The third-order valence-electron chi connectivity index (χ3n) is 4.26. The summed E-state index contributed by atoms with van der Waals surface area (Å²) in [6.45, 7) is 6.28. The molecule has 0 saturated carbocycles. The molecule has 0 fully saturated rings. The van der Waals surface area contributed by atoms with Crippen LogP contribution < -0.4 is 5.32 Å². The number of imidazole rings is 1. The van der Waals surface area contributed by atoms with Crippen LogP contribution >= 0.6 is 11.3 Å². The van der Waals surface area contributed by atoms with E-state index in [2.05, 4.69) is 45.6 Å². The van der Waals surface area contributed by atoms with Crippen LogP contribution in [0.2, 0.25) is 0 Å². The molecule has 0 aliphatic rings. The molecular formula is C21H21N5OS. The van der Waals surface area contributed by atoms with Crippen molar-refractivity contribution in [2.24, 2.45) is 0 Å². The van der Waals surface area contributed by atoms with E-state index >= 15 is 0 Å². The minimum absolute atomic E-state index is 0.140. The number of para-hydroxylation sites is 2. The Balaban J connectivity index is 1.56. The summed E-state index contributed by atoms with van der Waals surface area (Å²) in [6, 6.07) is 13.6. The van der Waals surface area contributed by atoms with Crippen molar-refractivity contribution >= 4 is 34.2 Å². The van der Waals surface area contributed by atoms with E-state index in [4.69, 9.17) is 0 Å². The minimum atomic E-state index is -0.217. The van der Waals surface area contributed by atoms with Crippen LogP contribution in [0, 0.1) is 0 Å². The Morgan fingerprint density at radius 3 is 2.64 bits per heavy atom. The van der Waals surface area contributed by atoms with E-state index in [1.54, 1.807) is 6.20 Å². The molecule has 6 nitrogen and oxygen atoms in total. The number of amides is 1. The average Bonchev–Trinajstić information content (AvgIpc) is 3.26. The van der Waals surface area contributed by atoms with Gasteiger partial charge in [-0.05, 0) is 45.0 Å². The van der Waals surface area contributed by atoms with Crippen molar-refractivity contribution in [1.82, 2.24) is 19.5 Å². The summed E-state index contributed by atoms with van der Waals surface area (Å²) in [6.07, 6.45) is 1.93. The average molecular weight is 392 g/mol. The Hall–Kier alpha value is -3.06. The predicted octanol–water partition coefficient (Wildman–Crippen LogP) is 4.49. The summed E-state index contributed by atoms with van der Waals surface area (Å²) in [7, 11) is 0. The molecule has 0 aliphatic carbocycles. The van der Waals surface area contributed by atoms with Gasteiger partial charge in [0.1, 0.15) is 5.01 Å². The van der Waals surface area contributed by atoms with Gasteiger partial charge in [0.15, 0.2) is 0 Å². The summed E-state index contributed by atoms with van der Waals surface area (Å²) in [5, 5.41) is 5.68. The molecule has 3 aromatic heterocycles. The van der Waals surface area contributed by atoms with E-state index in [0.29, 0.717) is 5.95 Å². The van der Waals surface area contributed by atoms with Crippen LogP contribution in [0.25, 0.3) is 21.7 Å². The molecule has 0 unspecified atom stereocenters. The van der Waals surface area contributed by atoms with Gasteiger partial charge in [0.25, 0.3) is 0 Å². The molecule has 7 heteroatoms. The first kappa shape index (κ1) is 18.3. The normalized spacial score (nSPS) is 11.7. The molecular weight excluding hydrogens is 370 g/mol. The fourth-order valence-electron chi connectivity index (χ4n) is 3.12. The fraction of sp³-hybridized carbons (Fsp3) is 0.238. The van der Waals surface area contributed by atoms with Gasteiger partial charge >= 0.3 is 0 Å². The number of carbonyl (C=O) groups excluding carboxylic acids is 1. The summed E-state index contributed by atoms with van der Waals surface area (Å²) >= 11 is 1.49. The number of hydrogen-bond acceptors (Lipinski definition) is 5. The van der Waals surface area contributed by atoms with Gasteiger partial charge < -0.3 is 4.57 Å². The van der Waals surface area contributed by atoms with Crippen LogP contribution in [0.15, 0.2) is 54.0 Å². The summed E-state index contributed by atoms with van der Waals surface area (Å²) < 4.78 is 2.06. The van der Waals surface area contributed by atoms with Crippen LogP contribution in [-0.2, 0) is 16.8 Å². The Labute approximate surface area is 167 Å². The van der Waals surface area contributed by atoms with Gasteiger partial charge in [-0.25, -0.2) is 9.97 Å². The molecule has 142 valence electrons. The monoisotopic (exact) mass is 391 g/mol. The lowest BCUT2D eigenvalue weighted by molar-refractivity contribution is -0.115. The van der Waals surface area contributed by atoms with Gasteiger partial charge in [0, 0.05) is 17.1 Å². The number of carbonyl (C=O) groups is 1. The van der Waals surface area contributed by atoms with Crippen LogP contribution in [-0.4, -0.2) is 25.4 Å². The zero-order chi connectivity index (χ0) is 19.7. The van der Waals surface area contributed by atoms with Crippen molar-refractivity contribution in [3.05, 3.63) is 59.7 Å². The highest BCUT2D eigenvalue weighted by molar-refractivity contribution is 7.13. The van der Waals surface area contributed by atoms with Crippen LogP contribution in [0.3, 0.4) is 0 Å². The fourth-order valence-corrected chi connectivity index (χ4v) is 3.91. The number of anilines is 1. The molecule has 3 heterocycles. The Morgan fingerprint density at radius 2 is 1.89 bits per heavy atom. The molecule has 4 aromatic rings. The number of nitrogens with zero attached hydrogens (tertiary/aromatic N) is 4. The number of thiazole rings is 1. The summed E-state index contributed by atoms with van der Waals surface area (Å²) in [5.74, 6) is 0.414. The number of rotatable bonds is 4. The Kier molecular flexibility index (Phi) is 4.68. The lowest BCUT2D eigenvalue weighted by atomic mass is 10.1. The van der Waals surface area contributed by atoms with E-state index in [0.717, 1.165) is 27.4 Å². The second kappa shape index (κ2) is 7.16. The molecule has 1 N–H and O–H groups in total. The third kappa shape index (κ3) is 3.66. The number of nitrogens with one attached hydrogen (secondary N) is 1. The van der Waals surface area contributed by atoms with Crippen LogP contribution in [0.4, 0.5) is 5.95 Å². The second-order valence-corrected chi connectivity index (χ2v) is 8.37. The highest BCUT2D eigenvalue weighted by Gasteiger charge is 2.22. The van der Waals surface area contributed by atoms with Gasteiger partial charge in [-0.15, -0.1) is 11.3 Å². The minimum Gasteiger partial charge on any atom is -0.305 e. The topological polar surface area (TPSA) is 72.7 Å². The molecule has 0 bridgehead atoms. The zero-order valence-electron chi connectivity index (χ0n) is 16.0. The third-order valence-corrected chi connectivity index (χ3v) is 5.17. The number of aromatic nitrogens is 4. The van der Waals surface area contributed by atoms with Gasteiger partial charge in [-0.2, -0.15) is 0 Å². The first-order valence-electron chi connectivity index (χ1n) is 9.05. The number of pyridine rings is 1. The van der Waals surface area contributed by atoms with Gasteiger partial charge in [0.05, 0.1) is 28.8 Å². The highest BCUT2D eigenvalue weighted by atomic mass is 32.1. The summed E-state index contributed by atoms with van der Waals surface area (Å²) in [5.41, 5.74) is 3.18. The van der Waals surface area contributed by atoms with E-state index in [1.165, 1.54) is 11.3 Å². The summed E-state index contributed by atoms with van der Waals surface area (Å²) in [4.78, 5) is 26.1. The smallest absolute Gasteiger partial charge is 0.232 e. The molecule has 0 aliphatic heterocycles. The molecule has 1 aromatic carbocycles. The quantitative estimate of drug-likeness (QED) is 0.556. The molecule has 1 amide bonds. The van der Waals surface area contributed by atoms with Crippen molar-refractivity contribution in [2.45, 2.75) is 32.7 Å². The molecule has 28 heavy (non-hydrogen) atoms. The highest BCUT2D eigenvalue weighted by Crippen LogP contribution is 2.28. The second-order valence-electron chi connectivity index (χ2n) is 7.51. The maximum atomic E-state index is 12.7. The maximum Gasteiger partial charge on any atom is 0.232 e. The number of hydrogen-bond donors (Lipinski definition) is 1. The Morgan fingerprint density at radius 1 is 1.11 bits per heavy atom. The van der Waals surface area contributed by atoms with E-state index in [1.807, 2.05) is 47.8 Å². The van der Waals surface area contributed by atoms with Gasteiger partial charge in [0.2, 0.25) is 11.9 Å². The van der Waals surface area contributed by atoms with Crippen molar-refractivity contribution in [3.8, 4) is 10.7 Å². The maximum absolute atomic E-state index is 12.7. The van der Waals surface area contributed by atoms with Crippen LogP contribution in [0.1, 0.15) is 26.5 Å².